The molecule has 10 nitrogen and oxygen atoms in total. The number of anilines is 1. The van der Waals surface area contributed by atoms with E-state index >= 15 is 0 Å². The molecule has 210 valence electrons. The molecule has 1 aromatic heterocycles. The Morgan fingerprint density at radius 1 is 1.07 bits per heavy atom. The van der Waals surface area contributed by atoms with Crippen LogP contribution in [0.25, 0.3) is 11.1 Å². The first-order chi connectivity index (χ1) is 18.9. The first-order valence-corrected chi connectivity index (χ1v) is 13.3. The smallest absolute Gasteiger partial charge is 0.331 e. The highest BCUT2D eigenvalue weighted by atomic mass is 19.1. The number of piperidine rings is 1. The molecule has 5 rings (SSSR count). The number of likely N-dealkylation sites (tertiary alicyclic amines) is 1. The number of hydrogen-bond acceptors (Lipinski definition) is 6. The van der Waals surface area contributed by atoms with Crippen LogP contribution in [-0.2, 0) is 9.59 Å². The van der Waals surface area contributed by atoms with Crippen LogP contribution in [0.4, 0.5) is 14.9 Å². The van der Waals surface area contributed by atoms with Gasteiger partial charge in [-0.25, -0.2) is 14.2 Å². The molecule has 0 radical (unpaired) electrons. The molecule has 3 heterocycles. The molecule has 2 aromatic carbocycles. The van der Waals surface area contributed by atoms with Gasteiger partial charge >= 0.3 is 6.03 Å². The van der Waals surface area contributed by atoms with Crippen LogP contribution in [0.1, 0.15) is 48.5 Å². The second-order valence-electron chi connectivity index (χ2n) is 10.9. The molecule has 1 atom stereocenters. The van der Waals surface area contributed by atoms with Gasteiger partial charge in [0.25, 0.3) is 11.8 Å². The number of imide groups is 1. The fourth-order valence-electron chi connectivity index (χ4n) is 5.63. The van der Waals surface area contributed by atoms with Gasteiger partial charge in [-0.3, -0.25) is 24.2 Å². The summed E-state index contributed by atoms with van der Waals surface area (Å²) < 4.78 is 19.9. The van der Waals surface area contributed by atoms with Gasteiger partial charge in [0, 0.05) is 32.7 Å². The summed E-state index contributed by atoms with van der Waals surface area (Å²) in [5, 5.41) is 2.71. The van der Waals surface area contributed by atoms with Crippen LogP contribution in [0.5, 0.6) is 0 Å². The van der Waals surface area contributed by atoms with E-state index in [0.29, 0.717) is 22.7 Å². The summed E-state index contributed by atoms with van der Waals surface area (Å²) in [7, 11) is 1.46. The Kier molecular flexibility index (Phi) is 6.85. The van der Waals surface area contributed by atoms with Crippen molar-refractivity contribution in [2.24, 2.45) is 5.92 Å². The van der Waals surface area contributed by atoms with Crippen LogP contribution in [0.15, 0.2) is 40.8 Å². The van der Waals surface area contributed by atoms with Gasteiger partial charge in [0.15, 0.2) is 11.5 Å². The number of likely N-dealkylation sites (N-methyl/N-ethyl adjacent to an activating group) is 1. The number of aryl methyl sites for hydroxylation is 2. The van der Waals surface area contributed by atoms with Crippen molar-refractivity contribution >= 4 is 40.5 Å². The van der Waals surface area contributed by atoms with E-state index in [9.17, 15) is 23.6 Å². The van der Waals surface area contributed by atoms with Gasteiger partial charge in [-0.2, -0.15) is 0 Å². The Morgan fingerprint density at radius 2 is 1.77 bits per heavy atom. The lowest BCUT2D eigenvalue weighted by molar-refractivity contribution is -0.139. The number of fused-ring (bicyclic) bond motifs is 1. The largest absolute Gasteiger partial charge is 0.441 e. The van der Waals surface area contributed by atoms with E-state index in [2.05, 4.69) is 10.3 Å². The molecule has 0 aliphatic carbocycles. The van der Waals surface area contributed by atoms with Gasteiger partial charge < -0.3 is 14.6 Å². The number of rotatable bonds is 5. The van der Waals surface area contributed by atoms with Crippen LogP contribution in [0, 0.1) is 25.6 Å². The maximum absolute atomic E-state index is 14.3. The predicted octanol–water partition coefficient (Wildman–Crippen LogP) is 3.80. The molecule has 2 aliphatic heterocycles. The van der Waals surface area contributed by atoms with Crippen molar-refractivity contribution in [1.82, 2.24) is 20.1 Å². The predicted molar refractivity (Wildman–Crippen MR) is 145 cm³/mol. The third-order valence-electron chi connectivity index (χ3n) is 7.83. The first kappa shape index (κ1) is 27.3. The zero-order chi connectivity index (χ0) is 28.9. The maximum atomic E-state index is 14.3. The lowest BCUT2D eigenvalue weighted by atomic mass is 9.85. The Balaban J connectivity index is 1.36. The lowest BCUT2D eigenvalue weighted by Crippen LogP contribution is -2.60. The van der Waals surface area contributed by atoms with Crippen molar-refractivity contribution in [2.45, 2.75) is 52.1 Å². The molecule has 40 heavy (non-hydrogen) atoms. The van der Waals surface area contributed by atoms with Crippen LogP contribution in [0.3, 0.4) is 0 Å². The number of hydrogen-bond donors (Lipinski definition) is 1. The second-order valence-corrected chi connectivity index (χ2v) is 10.9. The third kappa shape index (κ3) is 4.48. The molecule has 0 unspecified atom stereocenters. The summed E-state index contributed by atoms with van der Waals surface area (Å²) in [5.41, 5.74) is 1.13. The number of carbonyl (C=O) groups is 4. The SMILES string of the molecule is Cc1ccc(F)c(C(=O)N[C@@H](C(=O)N2CCC3(CC2)C(=O)N(C)C(=O)N3c2ccc3oc(C)nc3c2)C(C)C)c1. The van der Waals surface area contributed by atoms with E-state index in [1.54, 1.807) is 56.9 Å². The summed E-state index contributed by atoms with van der Waals surface area (Å²) in [6, 6.07) is 8.08. The Hall–Kier alpha value is -4.28. The van der Waals surface area contributed by atoms with Gasteiger partial charge in [0.1, 0.15) is 22.9 Å². The molecule has 2 fully saturated rings. The Bertz CT molecular complexity index is 1520. The number of halogens is 1. The quantitative estimate of drug-likeness (QED) is 0.484. The van der Waals surface area contributed by atoms with Crippen molar-refractivity contribution in [3.8, 4) is 0 Å². The highest BCUT2D eigenvalue weighted by Gasteiger charge is 2.58. The number of carbonyl (C=O) groups excluding carboxylic acids is 4. The molecule has 0 saturated carbocycles. The lowest BCUT2D eigenvalue weighted by Gasteiger charge is -2.43. The fourth-order valence-corrected chi connectivity index (χ4v) is 5.63. The van der Waals surface area contributed by atoms with Gasteiger partial charge in [0.05, 0.1) is 5.56 Å². The van der Waals surface area contributed by atoms with Crippen molar-refractivity contribution in [3.05, 3.63) is 59.2 Å². The number of amides is 5. The molecular formula is C29H32FN5O5. The van der Waals surface area contributed by atoms with Crippen molar-refractivity contribution in [2.75, 3.05) is 25.0 Å². The Labute approximate surface area is 231 Å². The van der Waals surface area contributed by atoms with Crippen molar-refractivity contribution < 1.29 is 28.0 Å². The average molecular weight is 550 g/mol. The molecule has 0 bridgehead atoms. The number of urea groups is 1. The van der Waals surface area contributed by atoms with Gasteiger partial charge in [-0.15, -0.1) is 0 Å². The van der Waals surface area contributed by atoms with Crippen LogP contribution in [0.2, 0.25) is 0 Å². The van der Waals surface area contributed by atoms with Crippen LogP contribution in [-0.4, -0.2) is 70.3 Å². The summed E-state index contributed by atoms with van der Waals surface area (Å²) in [4.78, 5) is 61.8. The topological polar surface area (TPSA) is 116 Å². The maximum Gasteiger partial charge on any atom is 0.331 e. The number of oxazole rings is 1. The number of nitrogens with one attached hydrogen (secondary N) is 1. The molecule has 1 spiro atoms. The molecule has 1 N–H and O–H groups in total. The van der Waals surface area contributed by atoms with Crippen LogP contribution >= 0.6 is 0 Å². The van der Waals surface area contributed by atoms with E-state index in [-0.39, 0.29) is 49.2 Å². The third-order valence-corrected chi connectivity index (χ3v) is 7.83. The summed E-state index contributed by atoms with van der Waals surface area (Å²) in [6.07, 6.45) is 0.434. The number of benzene rings is 2. The standard InChI is InChI=1S/C29H32FN5O5/c1-16(2)24(32-25(36)20-14-17(3)6-8-21(20)30)26(37)34-12-10-29(11-13-34)27(38)33(5)28(39)35(29)19-7-9-23-22(15-19)31-18(4)40-23/h6-9,14-16,24H,10-13H2,1-5H3,(H,32,36)/t24-/m1/s1. The molecule has 2 aliphatic rings. The number of aromatic nitrogens is 1. The van der Waals surface area contributed by atoms with Crippen molar-refractivity contribution in [1.29, 1.82) is 0 Å². The molecule has 11 heteroatoms. The zero-order valence-corrected chi connectivity index (χ0v) is 23.2. The summed E-state index contributed by atoms with van der Waals surface area (Å²) in [6.45, 7) is 7.50. The average Bonchev–Trinajstić information content (AvgIpc) is 3.38. The zero-order valence-electron chi connectivity index (χ0n) is 23.2. The van der Waals surface area contributed by atoms with E-state index in [4.69, 9.17) is 4.42 Å². The minimum Gasteiger partial charge on any atom is -0.441 e. The minimum absolute atomic E-state index is 0.121. The highest BCUT2D eigenvalue weighted by Crippen LogP contribution is 2.41. The van der Waals surface area contributed by atoms with E-state index in [1.165, 1.54) is 24.1 Å². The van der Waals surface area contributed by atoms with E-state index in [1.807, 2.05) is 0 Å². The normalized spacial score (nSPS) is 17.8. The number of nitrogens with zero attached hydrogens (tertiary/aromatic N) is 4. The van der Waals surface area contributed by atoms with Crippen molar-refractivity contribution in [3.63, 3.8) is 0 Å². The van der Waals surface area contributed by atoms with Gasteiger partial charge in [-0.05, 0) is 56.0 Å². The fraction of sp³-hybridized carbons (Fsp3) is 0.414. The van der Waals surface area contributed by atoms with E-state index < -0.39 is 29.3 Å². The monoisotopic (exact) mass is 549 g/mol. The first-order valence-electron chi connectivity index (χ1n) is 13.3. The highest BCUT2D eigenvalue weighted by molar-refractivity contribution is 6.17. The molecule has 5 amide bonds. The van der Waals surface area contributed by atoms with E-state index in [0.717, 1.165) is 10.5 Å². The molecule has 3 aromatic rings. The van der Waals surface area contributed by atoms with Crippen LogP contribution < -0.4 is 10.2 Å². The Morgan fingerprint density at radius 3 is 2.45 bits per heavy atom. The summed E-state index contributed by atoms with van der Waals surface area (Å²) >= 11 is 0. The minimum atomic E-state index is -1.16. The second kappa shape index (κ2) is 10.0. The molecular weight excluding hydrogens is 517 g/mol. The van der Waals surface area contributed by atoms with Gasteiger partial charge in [0.2, 0.25) is 5.91 Å². The van der Waals surface area contributed by atoms with Gasteiger partial charge in [-0.1, -0.05) is 25.5 Å². The molecule has 2 saturated heterocycles. The summed E-state index contributed by atoms with van der Waals surface area (Å²) in [5.74, 6) is -1.75.